The Labute approximate surface area is 164 Å². The van der Waals surface area contributed by atoms with Crippen molar-refractivity contribution in [2.45, 2.75) is 59.1 Å². The summed E-state index contributed by atoms with van der Waals surface area (Å²) < 4.78 is 5.50. The second-order valence-corrected chi connectivity index (χ2v) is 9.04. The molecule has 1 aromatic carbocycles. The van der Waals surface area contributed by atoms with Gasteiger partial charge in [-0.1, -0.05) is 13.8 Å². The maximum atomic E-state index is 12.3. The zero-order chi connectivity index (χ0) is 19.8. The number of nitrogens with zero attached hydrogens (tertiary/aromatic N) is 3. The zero-order valence-corrected chi connectivity index (χ0v) is 17.8. The van der Waals surface area contributed by atoms with Gasteiger partial charge in [0.1, 0.15) is 5.60 Å². The molecule has 1 saturated heterocycles. The van der Waals surface area contributed by atoms with E-state index in [0.717, 1.165) is 19.5 Å². The van der Waals surface area contributed by atoms with Crippen LogP contribution in [-0.4, -0.2) is 55.9 Å². The molecule has 0 radical (unpaired) electrons. The Balaban J connectivity index is 1.66. The number of ether oxygens (including phenoxy) is 1. The van der Waals surface area contributed by atoms with Gasteiger partial charge in [-0.2, -0.15) is 0 Å². The van der Waals surface area contributed by atoms with Crippen molar-refractivity contribution in [2.75, 3.05) is 43.0 Å². The third kappa shape index (κ3) is 4.33. The van der Waals surface area contributed by atoms with Gasteiger partial charge in [0.2, 0.25) is 0 Å². The second-order valence-electron chi connectivity index (χ2n) is 9.04. The van der Waals surface area contributed by atoms with E-state index in [1.54, 1.807) is 0 Å². The summed E-state index contributed by atoms with van der Waals surface area (Å²) in [5, 5.41) is 0. The Kier molecular flexibility index (Phi) is 5.59. The van der Waals surface area contributed by atoms with E-state index < -0.39 is 5.60 Å². The first-order valence-electron chi connectivity index (χ1n) is 10.3. The molecule has 2 heterocycles. The summed E-state index contributed by atoms with van der Waals surface area (Å²) in [5.74, 6) is 0.673. The van der Waals surface area contributed by atoms with E-state index in [9.17, 15) is 4.79 Å². The third-order valence-electron chi connectivity index (χ3n) is 5.85. The number of anilines is 2. The van der Waals surface area contributed by atoms with Crippen LogP contribution in [-0.2, 0) is 11.2 Å². The van der Waals surface area contributed by atoms with Gasteiger partial charge in [0.15, 0.2) is 0 Å². The van der Waals surface area contributed by atoms with Crippen LogP contribution in [0.25, 0.3) is 0 Å². The van der Waals surface area contributed by atoms with Crippen LogP contribution in [0, 0.1) is 5.92 Å². The van der Waals surface area contributed by atoms with E-state index in [1.165, 1.54) is 23.4 Å². The van der Waals surface area contributed by atoms with Crippen LogP contribution < -0.4 is 9.80 Å². The molecule has 2 aliphatic rings. The van der Waals surface area contributed by atoms with Crippen molar-refractivity contribution in [3.05, 3.63) is 23.8 Å². The van der Waals surface area contributed by atoms with Crippen molar-refractivity contribution >= 4 is 17.5 Å². The second kappa shape index (κ2) is 7.61. The summed E-state index contributed by atoms with van der Waals surface area (Å²) >= 11 is 0. The molecule has 3 rings (SSSR count). The van der Waals surface area contributed by atoms with Crippen LogP contribution in [0.3, 0.4) is 0 Å². The number of fused-ring (bicyclic) bond motifs is 1. The van der Waals surface area contributed by atoms with E-state index in [2.05, 4.69) is 48.9 Å². The van der Waals surface area contributed by atoms with Crippen LogP contribution in [0.5, 0.6) is 0 Å². The Morgan fingerprint density at radius 2 is 1.85 bits per heavy atom. The topological polar surface area (TPSA) is 36.0 Å². The highest BCUT2D eigenvalue weighted by Crippen LogP contribution is 2.36. The predicted octanol–water partition coefficient (Wildman–Crippen LogP) is 4.15. The molecule has 0 N–H and O–H groups in total. The summed E-state index contributed by atoms with van der Waals surface area (Å²) in [6, 6.07) is 7.50. The molecule has 0 bridgehead atoms. The maximum absolute atomic E-state index is 12.3. The van der Waals surface area contributed by atoms with Gasteiger partial charge >= 0.3 is 6.09 Å². The molecule has 1 aromatic rings. The molecule has 150 valence electrons. The fraction of sp³-hybridized carbons (Fsp3) is 0.682. The summed E-state index contributed by atoms with van der Waals surface area (Å²) in [4.78, 5) is 18.9. The minimum absolute atomic E-state index is 0.200. The van der Waals surface area contributed by atoms with E-state index in [0.29, 0.717) is 25.0 Å². The summed E-state index contributed by atoms with van der Waals surface area (Å²) in [6.07, 6.45) is 2.13. The van der Waals surface area contributed by atoms with Gasteiger partial charge in [-0.05, 0) is 63.3 Å². The highest BCUT2D eigenvalue weighted by atomic mass is 16.6. The molecule has 5 nitrogen and oxygen atoms in total. The number of hydrogen-bond acceptors (Lipinski definition) is 4. The number of piperazine rings is 1. The number of amides is 1. The van der Waals surface area contributed by atoms with Gasteiger partial charge in [-0.3, -0.25) is 0 Å². The Bertz CT molecular complexity index is 675. The van der Waals surface area contributed by atoms with Gasteiger partial charge in [0.05, 0.1) is 0 Å². The number of rotatable bonds is 2. The van der Waals surface area contributed by atoms with Crippen molar-refractivity contribution in [3.8, 4) is 0 Å². The average molecular weight is 374 g/mol. The molecule has 0 aromatic heterocycles. The highest BCUT2D eigenvalue weighted by molar-refractivity contribution is 5.69. The summed E-state index contributed by atoms with van der Waals surface area (Å²) in [6.45, 7) is 13.5. The molecule has 0 spiro atoms. The monoisotopic (exact) mass is 373 g/mol. The first-order valence-corrected chi connectivity index (χ1v) is 10.3. The average Bonchev–Trinajstić information content (AvgIpc) is 2.60. The van der Waals surface area contributed by atoms with E-state index in [4.69, 9.17) is 4.74 Å². The van der Waals surface area contributed by atoms with Crippen molar-refractivity contribution < 1.29 is 9.53 Å². The van der Waals surface area contributed by atoms with Crippen LogP contribution in [0.15, 0.2) is 18.2 Å². The van der Waals surface area contributed by atoms with E-state index >= 15 is 0 Å². The predicted molar refractivity (Wildman–Crippen MR) is 112 cm³/mol. The fourth-order valence-electron chi connectivity index (χ4n) is 4.47. The lowest BCUT2D eigenvalue weighted by Crippen LogP contribution is -2.50. The Morgan fingerprint density at radius 3 is 2.44 bits per heavy atom. The van der Waals surface area contributed by atoms with E-state index in [-0.39, 0.29) is 6.09 Å². The lowest BCUT2D eigenvalue weighted by atomic mass is 9.85. The van der Waals surface area contributed by atoms with Crippen LogP contribution >= 0.6 is 0 Å². The van der Waals surface area contributed by atoms with Gasteiger partial charge in [-0.25, -0.2) is 4.79 Å². The number of carbonyl (C=O) groups is 1. The molecule has 0 saturated carbocycles. The quantitative estimate of drug-likeness (QED) is 0.780. The molecule has 0 unspecified atom stereocenters. The highest BCUT2D eigenvalue weighted by Gasteiger charge is 2.30. The molecule has 0 aliphatic carbocycles. The third-order valence-corrected chi connectivity index (χ3v) is 5.85. The number of hydrogen-bond donors (Lipinski definition) is 0. The lowest BCUT2D eigenvalue weighted by molar-refractivity contribution is 0.0240. The number of benzene rings is 1. The molecular weight excluding hydrogens is 338 g/mol. The van der Waals surface area contributed by atoms with Crippen LogP contribution in [0.1, 0.15) is 46.6 Å². The standard InChI is InChI=1S/C22H35N3O2/c1-7-19-16(2)14-17-15-18(8-9-20(17)23(19)6)24-10-12-25(13-11-24)21(26)27-22(3,4)5/h8-9,15-16,19H,7,10-14H2,1-6H3/t16-,19+/m1/s1. The smallest absolute Gasteiger partial charge is 0.410 e. The molecule has 1 amide bonds. The molecule has 1 fully saturated rings. The van der Waals surface area contributed by atoms with Crippen molar-refractivity contribution in [1.29, 1.82) is 0 Å². The van der Waals surface area contributed by atoms with Crippen LogP contribution in [0.4, 0.5) is 16.2 Å². The fourth-order valence-corrected chi connectivity index (χ4v) is 4.47. The SMILES string of the molecule is CC[C@H]1[C@H](C)Cc2cc(N3CCN(C(=O)OC(C)(C)C)CC3)ccc2N1C. The molecular formula is C22H35N3O2. The van der Waals surface area contributed by atoms with Crippen molar-refractivity contribution in [1.82, 2.24) is 4.90 Å². The number of carbonyl (C=O) groups excluding carboxylic acids is 1. The van der Waals surface area contributed by atoms with Crippen LogP contribution in [0.2, 0.25) is 0 Å². The lowest BCUT2D eigenvalue weighted by Gasteiger charge is -2.41. The Morgan fingerprint density at radius 1 is 1.19 bits per heavy atom. The summed E-state index contributed by atoms with van der Waals surface area (Å²) in [5.41, 5.74) is 3.65. The minimum atomic E-state index is -0.439. The first kappa shape index (κ1) is 19.8. The van der Waals surface area contributed by atoms with Crippen molar-refractivity contribution in [2.24, 2.45) is 5.92 Å². The summed E-state index contributed by atoms with van der Waals surface area (Å²) in [7, 11) is 2.22. The minimum Gasteiger partial charge on any atom is -0.444 e. The molecule has 27 heavy (non-hydrogen) atoms. The van der Waals surface area contributed by atoms with Crippen molar-refractivity contribution in [3.63, 3.8) is 0 Å². The molecule has 2 atom stereocenters. The van der Waals surface area contributed by atoms with Gasteiger partial charge in [0, 0.05) is 50.6 Å². The van der Waals surface area contributed by atoms with Gasteiger partial charge in [-0.15, -0.1) is 0 Å². The van der Waals surface area contributed by atoms with Gasteiger partial charge in [0.25, 0.3) is 0 Å². The zero-order valence-electron chi connectivity index (χ0n) is 17.8. The molecule has 2 aliphatic heterocycles. The first-order chi connectivity index (χ1) is 12.7. The van der Waals surface area contributed by atoms with E-state index in [1.807, 2.05) is 25.7 Å². The largest absolute Gasteiger partial charge is 0.444 e. The van der Waals surface area contributed by atoms with Gasteiger partial charge < -0.3 is 19.4 Å². The molecule has 5 heteroatoms. The maximum Gasteiger partial charge on any atom is 0.410 e. The Hall–Kier alpha value is -1.91. The normalized spacial score (nSPS) is 23.3.